The van der Waals surface area contributed by atoms with Crippen molar-refractivity contribution in [3.8, 4) is 0 Å². The number of rotatable bonds is 4. The van der Waals surface area contributed by atoms with Crippen LogP contribution in [0, 0.1) is 6.92 Å². The number of esters is 1. The van der Waals surface area contributed by atoms with Crippen LogP contribution in [0.1, 0.15) is 27.0 Å². The number of aryl methyl sites for hydroxylation is 1. The van der Waals surface area contributed by atoms with Crippen LogP contribution in [-0.4, -0.2) is 21.5 Å². The number of carbonyl (C=O) groups is 1. The zero-order chi connectivity index (χ0) is 22.2. The van der Waals surface area contributed by atoms with Gasteiger partial charge in [0.1, 0.15) is 0 Å². The third-order valence-electron chi connectivity index (χ3n) is 3.76. The number of anilines is 1. The number of hydrogen-bond acceptors (Lipinski definition) is 4. The minimum atomic E-state index is -5.19. The molecule has 0 atom stereocenters. The monoisotopic (exact) mass is 441 g/mol. The summed E-state index contributed by atoms with van der Waals surface area (Å²) in [5, 5.41) is 0. The average molecular weight is 441 g/mol. The van der Waals surface area contributed by atoms with Crippen LogP contribution in [0.15, 0.2) is 41.3 Å². The van der Waals surface area contributed by atoms with Crippen LogP contribution >= 0.6 is 0 Å². The highest BCUT2D eigenvalue weighted by Gasteiger charge is 2.38. The van der Waals surface area contributed by atoms with Crippen molar-refractivity contribution in [1.82, 2.24) is 0 Å². The van der Waals surface area contributed by atoms with E-state index in [0.29, 0.717) is 0 Å². The van der Waals surface area contributed by atoms with E-state index in [9.17, 15) is 39.6 Å². The van der Waals surface area contributed by atoms with Gasteiger partial charge in [0, 0.05) is 0 Å². The van der Waals surface area contributed by atoms with Crippen LogP contribution in [0.2, 0.25) is 0 Å². The maximum atomic E-state index is 12.9. The molecule has 0 heterocycles. The van der Waals surface area contributed by atoms with Crippen molar-refractivity contribution >= 4 is 21.7 Å². The normalized spacial score (nSPS) is 12.6. The van der Waals surface area contributed by atoms with E-state index in [1.165, 1.54) is 19.1 Å². The summed E-state index contributed by atoms with van der Waals surface area (Å²) in [6.45, 7) is 1.39. The van der Waals surface area contributed by atoms with Crippen molar-refractivity contribution in [2.75, 3.05) is 11.8 Å². The van der Waals surface area contributed by atoms with Crippen molar-refractivity contribution in [3.05, 3.63) is 58.7 Å². The van der Waals surface area contributed by atoms with Gasteiger partial charge >= 0.3 is 18.3 Å². The van der Waals surface area contributed by atoms with Gasteiger partial charge in [-0.15, -0.1) is 0 Å². The molecule has 5 nitrogen and oxygen atoms in total. The topological polar surface area (TPSA) is 72.5 Å². The van der Waals surface area contributed by atoms with Crippen LogP contribution in [0.4, 0.5) is 32.0 Å². The van der Waals surface area contributed by atoms with E-state index in [4.69, 9.17) is 0 Å². The number of benzene rings is 2. The lowest BCUT2D eigenvalue weighted by molar-refractivity contribution is -0.143. The second-order valence-electron chi connectivity index (χ2n) is 5.87. The summed E-state index contributed by atoms with van der Waals surface area (Å²) < 4.78 is 109. The Morgan fingerprint density at radius 3 is 1.86 bits per heavy atom. The summed E-state index contributed by atoms with van der Waals surface area (Å²) in [6.07, 6.45) is -10.4. The molecule has 158 valence electrons. The second-order valence-corrected chi connectivity index (χ2v) is 7.55. The summed E-state index contributed by atoms with van der Waals surface area (Å²) in [7, 11) is -3.68. The number of methoxy groups -OCH3 is 1. The quantitative estimate of drug-likeness (QED) is 0.555. The molecule has 0 unspecified atom stereocenters. The Hall–Kier alpha value is -2.76. The van der Waals surface area contributed by atoms with Gasteiger partial charge in [-0.25, -0.2) is 13.2 Å². The van der Waals surface area contributed by atoms with E-state index in [0.717, 1.165) is 13.2 Å². The molecule has 2 aromatic rings. The number of sulfonamides is 1. The maximum Gasteiger partial charge on any atom is 0.416 e. The molecular weight excluding hydrogens is 428 g/mol. The highest BCUT2D eigenvalue weighted by molar-refractivity contribution is 7.92. The number of ether oxygens (including phenoxy) is 1. The zero-order valence-corrected chi connectivity index (χ0v) is 15.6. The molecule has 0 aliphatic rings. The second kappa shape index (κ2) is 7.58. The summed E-state index contributed by atoms with van der Waals surface area (Å²) >= 11 is 0. The minimum Gasteiger partial charge on any atom is -0.465 e. The van der Waals surface area contributed by atoms with Gasteiger partial charge in [-0.3, -0.25) is 4.72 Å². The molecule has 0 radical (unpaired) electrons. The molecule has 2 aromatic carbocycles. The van der Waals surface area contributed by atoms with E-state index < -0.39 is 44.4 Å². The highest BCUT2D eigenvalue weighted by Crippen LogP contribution is 2.37. The first kappa shape index (κ1) is 22.5. The molecule has 29 heavy (non-hydrogen) atoms. The molecular formula is C17H13F6NO4S. The van der Waals surface area contributed by atoms with Crippen LogP contribution < -0.4 is 4.72 Å². The molecule has 1 N–H and O–H groups in total. The number of hydrogen-bond donors (Lipinski definition) is 1. The summed E-state index contributed by atoms with van der Waals surface area (Å²) in [4.78, 5) is 10.3. The number of alkyl halides is 6. The summed E-state index contributed by atoms with van der Waals surface area (Å²) in [6, 6.07) is 3.61. The van der Waals surface area contributed by atoms with E-state index in [2.05, 4.69) is 4.74 Å². The van der Waals surface area contributed by atoms with E-state index in [1.807, 2.05) is 4.72 Å². The number of halogens is 6. The van der Waals surface area contributed by atoms with E-state index >= 15 is 0 Å². The summed E-state index contributed by atoms with van der Waals surface area (Å²) in [5.74, 6) is -0.713. The Kier molecular flexibility index (Phi) is 5.89. The summed E-state index contributed by atoms with van der Waals surface area (Å²) in [5.41, 5.74) is -3.38. The molecule has 0 spiro atoms. The van der Waals surface area contributed by atoms with Crippen molar-refractivity contribution < 1.29 is 44.3 Å². The van der Waals surface area contributed by atoms with Gasteiger partial charge in [0.25, 0.3) is 10.0 Å². The molecule has 0 bridgehead atoms. The fraction of sp³-hybridized carbons (Fsp3) is 0.235. The Bertz CT molecular complexity index is 1010. The zero-order valence-electron chi connectivity index (χ0n) is 14.8. The van der Waals surface area contributed by atoms with Crippen molar-refractivity contribution in [1.29, 1.82) is 0 Å². The predicted molar refractivity (Wildman–Crippen MR) is 89.8 cm³/mol. The van der Waals surface area contributed by atoms with E-state index in [1.54, 1.807) is 0 Å². The van der Waals surface area contributed by atoms with Gasteiger partial charge in [-0.2, -0.15) is 26.3 Å². The van der Waals surface area contributed by atoms with Gasteiger partial charge in [-0.1, -0.05) is 0 Å². The van der Waals surface area contributed by atoms with Crippen LogP contribution in [0.25, 0.3) is 0 Å². The van der Waals surface area contributed by atoms with Crippen molar-refractivity contribution in [2.24, 2.45) is 0 Å². The molecule has 2 rings (SSSR count). The maximum absolute atomic E-state index is 12.9. The van der Waals surface area contributed by atoms with Crippen LogP contribution in [-0.2, 0) is 27.1 Å². The number of carbonyl (C=O) groups excluding carboxylic acids is 1. The standard InChI is InChI=1S/C17H13F6NO4S/c1-9-5-10(15(25)28-2)3-4-14(9)24-29(26,27)13-7-11(16(18,19)20)6-12(8-13)17(21,22)23/h3-8,24H,1-2H3. The molecule has 0 aliphatic heterocycles. The molecule has 0 saturated carbocycles. The third-order valence-corrected chi connectivity index (χ3v) is 5.11. The molecule has 0 fully saturated rings. The third kappa shape index (κ3) is 5.19. The molecule has 12 heteroatoms. The fourth-order valence-electron chi connectivity index (χ4n) is 2.31. The predicted octanol–water partition coefficient (Wildman–Crippen LogP) is 4.62. The Morgan fingerprint density at radius 1 is 0.931 bits per heavy atom. The Labute approximate surface area is 161 Å². The fourth-order valence-corrected chi connectivity index (χ4v) is 3.51. The Balaban J connectivity index is 2.52. The minimum absolute atomic E-state index is 0.0753. The Morgan fingerprint density at radius 2 is 1.45 bits per heavy atom. The SMILES string of the molecule is COC(=O)c1ccc(NS(=O)(=O)c2cc(C(F)(F)F)cc(C(F)(F)F)c2)c(C)c1. The molecule has 0 saturated heterocycles. The molecule has 0 amide bonds. The first-order chi connectivity index (χ1) is 13.1. The lowest BCUT2D eigenvalue weighted by atomic mass is 10.1. The van der Waals surface area contributed by atoms with E-state index in [-0.39, 0.29) is 35.0 Å². The molecule has 0 aromatic heterocycles. The molecule has 0 aliphatic carbocycles. The van der Waals surface area contributed by atoms with Gasteiger partial charge < -0.3 is 4.74 Å². The first-order valence-electron chi connectivity index (χ1n) is 7.66. The first-order valence-corrected chi connectivity index (χ1v) is 9.15. The van der Waals surface area contributed by atoms with Crippen molar-refractivity contribution in [3.63, 3.8) is 0 Å². The largest absolute Gasteiger partial charge is 0.465 e. The van der Waals surface area contributed by atoms with Gasteiger partial charge in [0.15, 0.2) is 0 Å². The average Bonchev–Trinajstić information content (AvgIpc) is 2.60. The number of nitrogens with one attached hydrogen (secondary N) is 1. The smallest absolute Gasteiger partial charge is 0.416 e. The van der Waals surface area contributed by atoms with Crippen LogP contribution in [0.3, 0.4) is 0 Å². The lowest BCUT2D eigenvalue weighted by Gasteiger charge is -2.16. The van der Waals surface area contributed by atoms with Crippen molar-refractivity contribution in [2.45, 2.75) is 24.2 Å². The van der Waals surface area contributed by atoms with Gasteiger partial charge in [0.05, 0.1) is 34.4 Å². The van der Waals surface area contributed by atoms with Crippen LogP contribution in [0.5, 0.6) is 0 Å². The van der Waals surface area contributed by atoms with Gasteiger partial charge in [-0.05, 0) is 48.9 Å². The highest BCUT2D eigenvalue weighted by atomic mass is 32.2. The van der Waals surface area contributed by atoms with Gasteiger partial charge in [0.2, 0.25) is 0 Å². The lowest BCUT2D eigenvalue weighted by Crippen LogP contribution is -2.18.